The molecule has 0 aromatic carbocycles. The van der Waals surface area contributed by atoms with E-state index in [4.69, 9.17) is 15.9 Å². The maximum Gasteiger partial charge on any atom is 0.476 e. The summed E-state index contributed by atoms with van der Waals surface area (Å²) in [6, 6.07) is 0. The molecule has 0 amide bonds. The predicted molar refractivity (Wildman–Crippen MR) is 41.0 cm³/mol. The van der Waals surface area contributed by atoms with E-state index in [9.17, 15) is 4.21 Å². The molecule has 11 heavy (non-hydrogen) atoms. The molecule has 3 nitrogen and oxygen atoms in total. The van der Waals surface area contributed by atoms with Gasteiger partial charge in [0.2, 0.25) is 0 Å². The SMILES string of the molecule is C#CC(CC1COCO1)[S+]=O. The Kier molecular flexibility index (Phi) is 3.43. The summed E-state index contributed by atoms with van der Waals surface area (Å²) >= 11 is 0.435. The van der Waals surface area contributed by atoms with Crippen molar-refractivity contribution in [2.75, 3.05) is 13.4 Å². The van der Waals surface area contributed by atoms with Crippen LogP contribution >= 0.6 is 0 Å². The second kappa shape index (κ2) is 4.39. The summed E-state index contributed by atoms with van der Waals surface area (Å²) in [6.07, 6.45) is 5.69. The van der Waals surface area contributed by atoms with Crippen molar-refractivity contribution in [1.29, 1.82) is 0 Å². The lowest BCUT2D eigenvalue weighted by atomic mass is 10.2. The lowest BCUT2D eigenvalue weighted by Crippen LogP contribution is -2.17. The minimum atomic E-state index is -0.290. The van der Waals surface area contributed by atoms with E-state index < -0.39 is 0 Å². The largest absolute Gasteiger partial charge is 0.476 e. The van der Waals surface area contributed by atoms with Gasteiger partial charge in [-0.1, -0.05) is 0 Å². The molecule has 0 N–H and O–H groups in total. The van der Waals surface area contributed by atoms with Crippen LogP contribution < -0.4 is 0 Å². The summed E-state index contributed by atoms with van der Waals surface area (Å²) in [5, 5.41) is -0.290. The normalized spacial score (nSPS) is 25.9. The number of hydrogen-bond donors (Lipinski definition) is 0. The Labute approximate surface area is 69.6 Å². The molecular formula is C7H9O3S+. The standard InChI is InChI=1S/C7H9O3S/c1-2-7(11-8)3-6-4-9-5-10-6/h1,6-7H,3-5H2/q+1. The third-order valence-electron chi connectivity index (χ3n) is 1.47. The van der Waals surface area contributed by atoms with Crippen LogP contribution in [-0.4, -0.2) is 24.8 Å². The first-order valence-electron chi connectivity index (χ1n) is 3.31. The monoisotopic (exact) mass is 173 g/mol. The first-order valence-corrected chi connectivity index (χ1v) is 4.11. The molecule has 0 bridgehead atoms. The van der Waals surface area contributed by atoms with Crippen molar-refractivity contribution < 1.29 is 13.7 Å². The minimum Gasteiger partial charge on any atom is -0.353 e. The van der Waals surface area contributed by atoms with E-state index in [0.29, 0.717) is 31.5 Å². The highest BCUT2D eigenvalue weighted by molar-refractivity contribution is 7.66. The topological polar surface area (TPSA) is 35.5 Å². The summed E-state index contributed by atoms with van der Waals surface area (Å²) in [5.41, 5.74) is 0. The average Bonchev–Trinajstić information content (AvgIpc) is 2.52. The zero-order valence-electron chi connectivity index (χ0n) is 5.99. The van der Waals surface area contributed by atoms with E-state index in [1.54, 1.807) is 0 Å². The molecule has 1 aliphatic heterocycles. The molecule has 0 aromatic heterocycles. The van der Waals surface area contributed by atoms with Crippen molar-refractivity contribution in [3.8, 4) is 12.3 Å². The molecule has 1 heterocycles. The van der Waals surface area contributed by atoms with Crippen molar-refractivity contribution in [3.63, 3.8) is 0 Å². The number of ether oxygens (including phenoxy) is 2. The first-order chi connectivity index (χ1) is 5.36. The summed E-state index contributed by atoms with van der Waals surface area (Å²) in [4.78, 5) is 0. The molecule has 60 valence electrons. The van der Waals surface area contributed by atoms with Crippen molar-refractivity contribution in [2.24, 2.45) is 0 Å². The third kappa shape index (κ3) is 2.54. The van der Waals surface area contributed by atoms with E-state index in [1.165, 1.54) is 0 Å². The quantitative estimate of drug-likeness (QED) is 0.451. The molecule has 4 heteroatoms. The van der Waals surface area contributed by atoms with Crippen molar-refractivity contribution >= 4 is 11.7 Å². The van der Waals surface area contributed by atoms with E-state index in [1.807, 2.05) is 0 Å². The predicted octanol–water partition coefficient (Wildman–Crippen LogP) is 0.179. The molecule has 2 unspecified atom stereocenters. The summed E-state index contributed by atoms with van der Waals surface area (Å²) in [6.45, 7) is 0.879. The Morgan fingerprint density at radius 3 is 3.09 bits per heavy atom. The highest BCUT2D eigenvalue weighted by Crippen LogP contribution is 2.10. The van der Waals surface area contributed by atoms with Crippen LogP contribution in [0.2, 0.25) is 0 Å². The van der Waals surface area contributed by atoms with Gasteiger partial charge in [0.05, 0.1) is 12.7 Å². The van der Waals surface area contributed by atoms with Gasteiger partial charge in [0, 0.05) is 10.6 Å². The van der Waals surface area contributed by atoms with Gasteiger partial charge in [0.1, 0.15) is 6.79 Å². The van der Waals surface area contributed by atoms with Crippen LogP contribution in [0, 0.1) is 12.3 Å². The Morgan fingerprint density at radius 1 is 1.82 bits per heavy atom. The maximum absolute atomic E-state index is 10.3. The molecule has 1 rings (SSSR count). The van der Waals surface area contributed by atoms with Crippen LogP contribution in [0.25, 0.3) is 0 Å². The molecule has 1 fully saturated rings. The van der Waals surface area contributed by atoms with Crippen LogP contribution in [0.4, 0.5) is 0 Å². The summed E-state index contributed by atoms with van der Waals surface area (Å²) < 4.78 is 20.4. The average molecular weight is 173 g/mol. The zero-order chi connectivity index (χ0) is 8.10. The molecule has 0 saturated carbocycles. The molecule has 0 spiro atoms. The molecule has 1 aliphatic rings. The number of rotatable bonds is 3. The van der Waals surface area contributed by atoms with Crippen molar-refractivity contribution in [3.05, 3.63) is 0 Å². The fourth-order valence-corrected chi connectivity index (χ4v) is 1.23. The van der Waals surface area contributed by atoms with Crippen LogP contribution in [0.15, 0.2) is 0 Å². The van der Waals surface area contributed by atoms with Gasteiger partial charge >= 0.3 is 11.7 Å². The first kappa shape index (κ1) is 8.60. The second-order valence-electron chi connectivity index (χ2n) is 2.26. The Morgan fingerprint density at radius 2 is 2.64 bits per heavy atom. The van der Waals surface area contributed by atoms with Crippen molar-refractivity contribution in [2.45, 2.75) is 17.8 Å². The molecule has 1 saturated heterocycles. The molecule has 0 radical (unpaired) electrons. The van der Waals surface area contributed by atoms with E-state index >= 15 is 0 Å². The van der Waals surface area contributed by atoms with Crippen LogP contribution in [0.1, 0.15) is 6.42 Å². The third-order valence-corrected chi connectivity index (χ3v) is 2.03. The number of terminal acetylenes is 1. The second-order valence-corrected chi connectivity index (χ2v) is 3.03. The van der Waals surface area contributed by atoms with Crippen LogP contribution in [0.3, 0.4) is 0 Å². The smallest absolute Gasteiger partial charge is 0.353 e. The highest BCUT2D eigenvalue weighted by Gasteiger charge is 2.27. The van der Waals surface area contributed by atoms with Crippen LogP contribution in [-0.2, 0) is 25.3 Å². The lowest BCUT2D eigenvalue weighted by Gasteiger charge is -2.01. The minimum absolute atomic E-state index is 0.0116. The van der Waals surface area contributed by atoms with Gasteiger partial charge < -0.3 is 9.47 Å². The fourth-order valence-electron chi connectivity index (χ4n) is 0.882. The molecule has 0 aliphatic carbocycles. The van der Waals surface area contributed by atoms with Gasteiger partial charge in [-0.15, -0.1) is 6.42 Å². The lowest BCUT2D eigenvalue weighted by molar-refractivity contribution is 0.0454. The van der Waals surface area contributed by atoms with E-state index in [2.05, 4.69) is 5.92 Å². The van der Waals surface area contributed by atoms with Gasteiger partial charge in [0.15, 0.2) is 0 Å². The Bertz CT molecular complexity index is 169. The van der Waals surface area contributed by atoms with Gasteiger partial charge in [-0.2, -0.15) is 0 Å². The molecule has 2 atom stereocenters. The molecular weight excluding hydrogens is 164 g/mol. The van der Waals surface area contributed by atoms with Gasteiger partial charge in [-0.05, 0) is 5.92 Å². The number of hydrogen-bond acceptors (Lipinski definition) is 3. The maximum atomic E-state index is 10.3. The Hall–Kier alpha value is -0.500. The van der Waals surface area contributed by atoms with Gasteiger partial charge in [-0.3, -0.25) is 0 Å². The van der Waals surface area contributed by atoms with Crippen molar-refractivity contribution in [1.82, 2.24) is 0 Å². The van der Waals surface area contributed by atoms with Gasteiger partial charge in [0.25, 0.3) is 5.25 Å². The van der Waals surface area contributed by atoms with E-state index in [-0.39, 0.29) is 11.4 Å². The fraction of sp³-hybridized carbons (Fsp3) is 0.714. The summed E-state index contributed by atoms with van der Waals surface area (Å²) in [5.74, 6) is 2.39. The van der Waals surface area contributed by atoms with E-state index in [0.717, 1.165) is 0 Å². The van der Waals surface area contributed by atoms with Gasteiger partial charge in [-0.25, -0.2) is 0 Å². The Balaban J connectivity index is 2.28. The summed E-state index contributed by atoms with van der Waals surface area (Å²) in [7, 11) is 0. The zero-order valence-corrected chi connectivity index (χ0v) is 6.80. The van der Waals surface area contributed by atoms with Crippen LogP contribution in [0.5, 0.6) is 0 Å². The molecule has 0 aromatic rings. The highest BCUT2D eigenvalue weighted by atomic mass is 32.1.